The average molecular weight is 254 g/mol. The molecule has 5 nitrogen and oxygen atoms in total. The summed E-state index contributed by atoms with van der Waals surface area (Å²) >= 11 is 0. The monoisotopic (exact) mass is 254 g/mol. The zero-order chi connectivity index (χ0) is 13.2. The average Bonchev–Trinajstić information content (AvgIpc) is 2.86. The maximum Gasteiger partial charge on any atom is 0.252 e. The molecule has 0 unspecified atom stereocenters. The Morgan fingerprint density at radius 1 is 1.21 bits per heavy atom. The van der Waals surface area contributed by atoms with Crippen LogP contribution in [-0.4, -0.2) is 19.6 Å². The summed E-state index contributed by atoms with van der Waals surface area (Å²) in [4.78, 5) is 8.21. The van der Waals surface area contributed by atoms with Gasteiger partial charge in [0.1, 0.15) is 18.2 Å². The number of ether oxygens (including phenoxy) is 1. The van der Waals surface area contributed by atoms with Crippen LogP contribution in [0.3, 0.4) is 0 Å². The molecule has 96 valence electrons. The molecule has 0 radical (unpaired) electrons. The standard InChI is InChI=1S/C14H14N4O/c1-10-4-3-5-12(8-10)19-11(2)13-6-7-15-14-16-9-17-18(13)14/h3-9,11H,1-2H3/t11-/m0/s1. The van der Waals surface area contributed by atoms with E-state index in [9.17, 15) is 0 Å². The van der Waals surface area contributed by atoms with Crippen molar-refractivity contribution in [1.82, 2.24) is 19.6 Å². The highest BCUT2D eigenvalue weighted by Gasteiger charge is 2.12. The Morgan fingerprint density at radius 2 is 2.11 bits per heavy atom. The van der Waals surface area contributed by atoms with E-state index in [-0.39, 0.29) is 6.10 Å². The van der Waals surface area contributed by atoms with Gasteiger partial charge in [-0.05, 0) is 37.6 Å². The van der Waals surface area contributed by atoms with Gasteiger partial charge < -0.3 is 4.74 Å². The Hall–Kier alpha value is -2.43. The number of benzene rings is 1. The summed E-state index contributed by atoms with van der Waals surface area (Å²) in [6.07, 6.45) is 3.08. The van der Waals surface area contributed by atoms with Crippen molar-refractivity contribution in [3.8, 4) is 5.75 Å². The van der Waals surface area contributed by atoms with Crippen molar-refractivity contribution in [2.24, 2.45) is 0 Å². The molecular formula is C14H14N4O. The normalized spacial score (nSPS) is 12.5. The van der Waals surface area contributed by atoms with E-state index in [0.29, 0.717) is 5.78 Å². The van der Waals surface area contributed by atoms with Gasteiger partial charge in [-0.1, -0.05) is 12.1 Å². The predicted octanol–water partition coefficient (Wildman–Crippen LogP) is 2.57. The van der Waals surface area contributed by atoms with Crippen molar-refractivity contribution >= 4 is 5.78 Å². The van der Waals surface area contributed by atoms with Crippen LogP contribution in [0.15, 0.2) is 42.9 Å². The lowest BCUT2D eigenvalue weighted by atomic mass is 10.2. The van der Waals surface area contributed by atoms with Gasteiger partial charge >= 0.3 is 0 Å². The maximum atomic E-state index is 5.94. The SMILES string of the molecule is Cc1cccc(O[C@@H](C)c2ccnc3ncnn23)c1. The Bertz CT molecular complexity index is 707. The van der Waals surface area contributed by atoms with Gasteiger partial charge in [0.15, 0.2) is 0 Å². The lowest BCUT2D eigenvalue weighted by molar-refractivity contribution is 0.218. The van der Waals surface area contributed by atoms with Crippen LogP contribution in [0, 0.1) is 6.92 Å². The second-order valence-corrected chi connectivity index (χ2v) is 4.42. The fraction of sp³-hybridized carbons (Fsp3) is 0.214. The smallest absolute Gasteiger partial charge is 0.252 e. The van der Waals surface area contributed by atoms with Crippen LogP contribution in [0.2, 0.25) is 0 Å². The molecule has 0 N–H and O–H groups in total. The van der Waals surface area contributed by atoms with Crippen LogP contribution >= 0.6 is 0 Å². The van der Waals surface area contributed by atoms with Gasteiger partial charge in [-0.15, -0.1) is 0 Å². The predicted molar refractivity (Wildman–Crippen MR) is 71.0 cm³/mol. The van der Waals surface area contributed by atoms with Crippen molar-refractivity contribution in [1.29, 1.82) is 0 Å². The lowest BCUT2D eigenvalue weighted by Gasteiger charge is -2.15. The molecule has 0 fully saturated rings. The van der Waals surface area contributed by atoms with E-state index in [1.54, 1.807) is 10.7 Å². The molecule has 3 rings (SSSR count). The Morgan fingerprint density at radius 3 is 2.95 bits per heavy atom. The van der Waals surface area contributed by atoms with Crippen molar-refractivity contribution in [3.05, 3.63) is 54.1 Å². The molecule has 0 aliphatic heterocycles. The first-order valence-corrected chi connectivity index (χ1v) is 6.12. The van der Waals surface area contributed by atoms with Gasteiger partial charge in [-0.2, -0.15) is 14.6 Å². The lowest BCUT2D eigenvalue weighted by Crippen LogP contribution is -2.10. The highest BCUT2D eigenvalue weighted by molar-refractivity contribution is 5.30. The van der Waals surface area contributed by atoms with Crippen LogP contribution < -0.4 is 4.74 Å². The first kappa shape index (κ1) is 11.6. The minimum Gasteiger partial charge on any atom is -0.484 e. The van der Waals surface area contributed by atoms with Crippen LogP contribution in [0.4, 0.5) is 0 Å². The zero-order valence-corrected chi connectivity index (χ0v) is 10.8. The number of aryl methyl sites for hydroxylation is 1. The quantitative estimate of drug-likeness (QED) is 0.720. The molecule has 2 heterocycles. The summed E-state index contributed by atoms with van der Waals surface area (Å²) in [7, 11) is 0. The topological polar surface area (TPSA) is 52.3 Å². The number of rotatable bonds is 3. The third kappa shape index (κ3) is 2.27. The molecule has 0 bridgehead atoms. The van der Waals surface area contributed by atoms with Gasteiger partial charge in [-0.25, -0.2) is 4.98 Å². The molecule has 0 spiro atoms. The van der Waals surface area contributed by atoms with Crippen molar-refractivity contribution in [2.75, 3.05) is 0 Å². The molecule has 1 atom stereocenters. The summed E-state index contributed by atoms with van der Waals surface area (Å²) in [6.45, 7) is 4.03. The fourth-order valence-electron chi connectivity index (χ4n) is 2.02. The molecule has 3 aromatic rings. The number of aromatic nitrogens is 4. The molecule has 2 aromatic heterocycles. The minimum absolute atomic E-state index is 0.131. The number of hydrogen-bond acceptors (Lipinski definition) is 4. The summed E-state index contributed by atoms with van der Waals surface area (Å²) < 4.78 is 7.64. The molecule has 5 heteroatoms. The van der Waals surface area contributed by atoms with E-state index in [1.807, 2.05) is 44.2 Å². The van der Waals surface area contributed by atoms with Crippen molar-refractivity contribution in [2.45, 2.75) is 20.0 Å². The summed E-state index contributed by atoms with van der Waals surface area (Å²) in [5.74, 6) is 1.43. The van der Waals surface area contributed by atoms with E-state index < -0.39 is 0 Å². The number of nitrogens with zero attached hydrogens (tertiary/aromatic N) is 4. The summed E-state index contributed by atoms with van der Waals surface area (Å²) in [5, 5.41) is 4.16. The molecular weight excluding hydrogens is 240 g/mol. The first-order valence-electron chi connectivity index (χ1n) is 6.12. The molecule has 19 heavy (non-hydrogen) atoms. The maximum absolute atomic E-state index is 5.94. The largest absolute Gasteiger partial charge is 0.484 e. The van der Waals surface area contributed by atoms with Gasteiger partial charge in [0.25, 0.3) is 5.78 Å². The Labute approximate surface area is 110 Å². The van der Waals surface area contributed by atoms with Crippen molar-refractivity contribution < 1.29 is 4.74 Å². The first-order chi connectivity index (χ1) is 9.24. The molecule has 0 aliphatic carbocycles. The third-order valence-electron chi connectivity index (χ3n) is 2.93. The van der Waals surface area contributed by atoms with Gasteiger partial charge in [0.05, 0.1) is 5.69 Å². The number of fused-ring (bicyclic) bond motifs is 1. The number of hydrogen-bond donors (Lipinski definition) is 0. The second-order valence-electron chi connectivity index (χ2n) is 4.42. The summed E-state index contributed by atoms with van der Waals surface area (Å²) in [5.41, 5.74) is 2.09. The highest BCUT2D eigenvalue weighted by Crippen LogP contribution is 2.21. The molecule has 1 aromatic carbocycles. The van der Waals surface area contributed by atoms with E-state index in [1.165, 1.54) is 11.9 Å². The fourth-order valence-corrected chi connectivity index (χ4v) is 2.02. The van der Waals surface area contributed by atoms with Crippen molar-refractivity contribution in [3.63, 3.8) is 0 Å². The van der Waals surface area contributed by atoms with Crippen LogP contribution in [0.25, 0.3) is 5.78 Å². The molecule has 0 saturated carbocycles. The van der Waals surface area contributed by atoms with E-state index in [4.69, 9.17) is 4.74 Å². The van der Waals surface area contributed by atoms with Crippen LogP contribution in [0.1, 0.15) is 24.3 Å². The second kappa shape index (κ2) is 4.68. The summed E-state index contributed by atoms with van der Waals surface area (Å²) in [6, 6.07) is 9.87. The molecule has 0 aliphatic rings. The van der Waals surface area contributed by atoms with Crippen LogP contribution in [-0.2, 0) is 0 Å². The Balaban J connectivity index is 1.91. The van der Waals surface area contributed by atoms with Gasteiger partial charge in [0.2, 0.25) is 0 Å². The van der Waals surface area contributed by atoms with E-state index in [2.05, 4.69) is 15.1 Å². The van der Waals surface area contributed by atoms with E-state index >= 15 is 0 Å². The van der Waals surface area contributed by atoms with Gasteiger partial charge in [-0.3, -0.25) is 0 Å². The molecule has 0 saturated heterocycles. The highest BCUT2D eigenvalue weighted by atomic mass is 16.5. The molecule has 0 amide bonds. The minimum atomic E-state index is -0.131. The van der Waals surface area contributed by atoms with Gasteiger partial charge in [0, 0.05) is 6.20 Å². The third-order valence-corrected chi connectivity index (χ3v) is 2.93. The Kier molecular flexibility index (Phi) is 2.87. The van der Waals surface area contributed by atoms with Crippen LogP contribution in [0.5, 0.6) is 5.75 Å². The zero-order valence-electron chi connectivity index (χ0n) is 10.8. The van der Waals surface area contributed by atoms with E-state index in [0.717, 1.165) is 11.4 Å².